The topological polar surface area (TPSA) is 38.7 Å². The van der Waals surface area contributed by atoms with Gasteiger partial charge in [0.1, 0.15) is 0 Å². The van der Waals surface area contributed by atoms with Gasteiger partial charge in [0.05, 0.1) is 18.8 Å². The molecule has 3 nitrogen and oxygen atoms in total. The molecule has 0 amide bonds. The molecule has 5 fully saturated rings. The second kappa shape index (κ2) is 12.7. The van der Waals surface area contributed by atoms with Crippen molar-refractivity contribution in [2.24, 2.45) is 51.8 Å². The zero-order valence-electron chi connectivity index (χ0n) is 30.2. The summed E-state index contributed by atoms with van der Waals surface area (Å²) in [5.74, 6) is 3.68. The minimum Gasteiger partial charge on any atom is -0.393 e. The first-order valence-corrected chi connectivity index (χ1v) is 19.0. The molecule has 45 heavy (non-hydrogen) atoms. The second-order valence-electron chi connectivity index (χ2n) is 18.1. The van der Waals surface area contributed by atoms with Crippen LogP contribution in [0.15, 0.2) is 47.1 Å². The van der Waals surface area contributed by atoms with Gasteiger partial charge in [-0.3, -0.25) is 0 Å². The molecule has 0 aromatic rings. The fraction of sp³-hybridized carbons (Fsp3) is 0.810. The van der Waals surface area contributed by atoms with Gasteiger partial charge < -0.3 is 14.6 Å². The van der Waals surface area contributed by atoms with E-state index in [4.69, 9.17) is 9.47 Å². The smallest absolute Gasteiger partial charge is 0.171 e. The Morgan fingerprint density at radius 2 is 1.67 bits per heavy atom. The first-order valence-electron chi connectivity index (χ1n) is 19.0. The zero-order chi connectivity index (χ0) is 32.2. The average Bonchev–Trinajstić information content (AvgIpc) is 3.43. The average molecular weight is 619 g/mol. The standard InChI is InChI=1S/C27H42O3.C15H24/c1-16-7-12-27(29-15-16)17(2)24-23(30-27)14-22-20-6-5-18-13-19(28)8-10-25(18,3)21(20)9-11-26(22,24)4;1-13-7-5-8-14(2)10-12-15(3,4)11-6-9-13/h9,16-20,22-24,28H,5-8,10-15H2,1-4H3;6-7,10-11H,5,8-9,12H2,1-4H3. The highest BCUT2D eigenvalue weighted by Crippen LogP contribution is 2.69. The van der Waals surface area contributed by atoms with Gasteiger partial charge in [0.2, 0.25) is 0 Å². The lowest BCUT2D eigenvalue weighted by molar-refractivity contribution is -0.272. The van der Waals surface area contributed by atoms with E-state index in [2.05, 4.69) is 85.8 Å². The van der Waals surface area contributed by atoms with Crippen molar-refractivity contribution in [3.8, 4) is 0 Å². The largest absolute Gasteiger partial charge is 0.393 e. The molecule has 11 unspecified atom stereocenters. The van der Waals surface area contributed by atoms with E-state index in [-0.39, 0.29) is 11.9 Å². The summed E-state index contributed by atoms with van der Waals surface area (Å²) < 4.78 is 13.3. The first-order chi connectivity index (χ1) is 21.3. The highest BCUT2D eigenvalue weighted by atomic mass is 16.7. The van der Waals surface area contributed by atoms with Gasteiger partial charge in [0, 0.05) is 12.3 Å². The maximum Gasteiger partial charge on any atom is 0.171 e. The fourth-order valence-electron chi connectivity index (χ4n) is 11.3. The fourth-order valence-corrected chi connectivity index (χ4v) is 11.3. The number of fused-ring (bicyclic) bond motifs is 7. The van der Waals surface area contributed by atoms with E-state index in [1.807, 2.05) is 0 Å². The third-order valence-corrected chi connectivity index (χ3v) is 14.3. The monoisotopic (exact) mass is 619 g/mol. The van der Waals surface area contributed by atoms with Crippen LogP contribution in [-0.2, 0) is 9.47 Å². The Kier molecular flexibility index (Phi) is 9.52. The van der Waals surface area contributed by atoms with Crippen molar-refractivity contribution >= 4 is 0 Å². The molecule has 7 rings (SSSR count). The van der Waals surface area contributed by atoms with Crippen molar-refractivity contribution in [1.29, 1.82) is 0 Å². The quantitative estimate of drug-likeness (QED) is 0.275. The Morgan fingerprint density at radius 3 is 2.42 bits per heavy atom. The molecule has 2 aliphatic heterocycles. The van der Waals surface area contributed by atoms with Gasteiger partial charge in [0.25, 0.3) is 0 Å². The minimum atomic E-state index is -0.303. The molecular formula is C42H66O3. The van der Waals surface area contributed by atoms with Gasteiger partial charge in [-0.05, 0) is 137 Å². The minimum absolute atomic E-state index is 0.0661. The highest BCUT2D eigenvalue weighted by Gasteiger charge is 2.67. The van der Waals surface area contributed by atoms with Crippen molar-refractivity contribution in [2.45, 2.75) is 157 Å². The van der Waals surface area contributed by atoms with E-state index in [1.54, 1.807) is 5.57 Å². The Hall–Kier alpha value is -1.16. The summed E-state index contributed by atoms with van der Waals surface area (Å²) in [4.78, 5) is 0. The van der Waals surface area contributed by atoms with Gasteiger partial charge in [-0.25, -0.2) is 0 Å². The molecule has 0 radical (unpaired) electrons. The maximum absolute atomic E-state index is 10.3. The van der Waals surface area contributed by atoms with E-state index in [0.717, 1.165) is 50.5 Å². The van der Waals surface area contributed by atoms with Crippen LogP contribution in [0.5, 0.6) is 0 Å². The summed E-state index contributed by atoms with van der Waals surface area (Å²) in [6.45, 7) is 19.8. The number of aliphatic hydroxyl groups is 1. The maximum atomic E-state index is 10.3. The molecule has 0 bridgehead atoms. The summed E-state index contributed by atoms with van der Waals surface area (Å²) in [6, 6.07) is 0. The van der Waals surface area contributed by atoms with Crippen molar-refractivity contribution < 1.29 is 14.6 Å². The molecule has 1 N–H and O–H groups in total. The predicted octanol–water partition coefficient (Wildman–Crippen LogP) is 10.7. The number of ether oxygens (including phenoxy) is 2. The van der Waals surface area contributed by atoms with E-state index < -0.39 is 0 Å². The lowest BCUT2D eigenvalue weighted by Gasteiger charge is -2.57. The van der Waals surface area contributed by atoms with Crippen LogP contribution in [-0.4, -0.2) is 29.7 Å². The summed E-state index contributed by atoms with van der Waals surface area (Å²) >= 11 is 0. The number of hydrogen-bond donors (Lipinski definition) is 1. The van der Waals surface area contributed by atoms with Gasteiger partial charge in [-0.15, -0.1) is 0 Å². The predicted molar refractivity (Wildman–Crippen MR) is 187 cm³/mol. The molecule has 252 valence electrons. The van der Waals surface area contributed by atoms with E-state index >= 15 is 0 Å². The van der Waals surface area contributed by atoms with Gasteiger partial charge in [-0.1, -0.05) is 88.6 Å². The SMILES string of the molecule is CC1=CCCC(C)=CCC(C)(C)C=CC1.CC1CCC2(OC1)OC1CC3C4CCC5CC(O)CCC5(C)C4=CCC3(C)C1C2C. The lowest BCUT2D eigenvalue weighted by Crippen LogP contribution is -2.50. The Morgan fingerprint density at radius 1 is 0.867 bits per heavy atom. The van der Waals surface area contributed by atoms with Gasteiger partial charge >= 0.3 is 0 Å². The van der Waals surface area contributed by atoms with Crippen LogP contribution >= 0.6 is 0 Å². The number of hydrogen-bond acceptors (Lipinski definition) is 3. The number of allylic oxidation sites excluding steroid dienone is 8. The van der Waals surface area contributed by atoms with Crippen LogP contribution in [0.2, 0.25) is 0 Å². The molecule has 0 aromatic heterocycles. The third kappa shape index (κ3) is 6.38. The molecule has 3 heteroatoms. The van der Waals surface area contributed by atoms with Crippen LogP contribution in [0.1, 0.15) is 139 Å². The summed E-state index contributed by atoms with van der Waals surface area (Å²) in [6.07, 6.45) is 27.7. The molecule has 3 saturated carbocycles. The molecular weight excluding hydrogens is 552 g/mol. The number of rotatable bonds is 0. The van der Waals surface area contributed by atoms with Crippen molar-refractivity contribution in [1.82, 2.24) is 0 Å². The Labute approximate surface area is 276 Å². The van der Waals surface area contributed by atoms with Crippen molar-refractivity contribution in [2.75, 3.05) is 6.61 Å². The molecule has 5 aliphatic carbocycles. The Balaban J connectivity index is 0.000000202. The third-order valence-electron chi connectivity index (χ3n) is 14.3. The van der Waals surface area contributed by atoms with Crippen LogP contribution < -0.4 is 0 Å². The van der Waals surface area contributed by atoms with Gasteiger partial charge in [0.15, 0.2) is 5.79 Å². The molecule has 7 aliphatic rings. The van der Waals surface area contributed by atoms with Crippen LogP contribution in [0.3, 0.4) is 0 Å². The van der Waals surface area contributed by atoms with Crippen LogP contribution in [0, 0.1) is 51.8 Å². The first kappa shape index (κ1) is 33.7. The normalized spacial score (nSPS) is 47.4. The molecule has 2 heterocycles. The second-order valence-corrected chi connectivity index (χ2v) is 18.1. The van der Waals surface area contributed by atoms with Crippen molar-refractivity contribution in [3.05, 3.63) is 47.1 Å². The molecule has 0 aromatic carbocycles. The van der Waals surface area contributed by atoms with E-state index in [9.17, 15) is 5.11 Å². The van der Waals surface area contributed by atoms with E-state index in [0.29, 0.717) is 46.0 Å². The lowest BCUT2D eigenvalue weighted by atomic mass is 9.48. The summed E-state index contributed by atoms with van der Waals surface area (Å²) in [5.41, 5.74) is 5.80. The summed E-state index contributed by atoms with van der Waals surface area (Å²) in [5, 5.41) is 10.3. The molecule has 11 atom stereocenters. The highest BCUT2D eigenvalue weighted by molar-refractivity contribution is 5.30. The van der Waals surface area contributed by atoms with E-state index in [1.165, 1.54) is 62.5 Å². The van der Waals surface area contributed by atoms with Gasteiger partial charge in [-0.2, -0.15) is 0 Å². The zero-order valence-corrected chi connectivity index (χ0v) is 30.2. The Bertz CT molecular complexity index is 1200. The van der Waals surface area contributed by atoms with Crippen LogP contribution in [0.25, 0.3) is 0 Å². The number of aliphatic hydroxyl groups excluding tert-OH is 1. The molecule has 1 spiro atoms. The van der Waals surface area contributed by atoms with Crippen molar-refractivity contribution in [3.63, 3.8) is 0 Å². The summed E-state index contributed by atoms with van der Waals surface area (Å²) in [7, 11) is 0. The molecule has 2 saturated heterocycles. The van der Waals surface area contributed by atoms with Crippen LogP contribution in [0.4, 0.5) is 0 Å².